The van der Waals surface area contributed by atoms with E-state index in [2.05, 4.69) is 15.0 Å². The molecule has 1 N–H and O–H groups in total. The van der Waals surface area contributed by atoms with Crippen LogP contribution in [0.3, 0.4) is 0 Å². The number of hydrogen-bond acceptors (Lipinski definition) is 5. The first-order chi connectivity index (χ1) is 10.6. The second kappa shape index (κ2) is 4.79. The first-order valence-corrected chi connectivity index (χ1v) is 7.44. The molecule has 1 saturated carbocycles. The summed E-state index contributed by atoms with van der Waals surface area (Å²) >= 11 is 0. The van der Waals surface area contributed by atoms with E-state index in [1.807, 2.05) is 19.1 Å². The van der Waals surface area contributed by atoms with Crippen LogP contribution in [0.25, 0.3) is 0 Å². The standard InChI is InChI=1S/C15H17N5O2/c1-9-10(7-20-8-16-14(18-20)15(21)22)2-3-13(17-9)19-5-11-4-12(11)6-19/h2-3,8,11-12H,4-7H2,1H3,(H,21,22). The van der Waals surface area contributed by atoms with Gasteiger partial charge >= 0.3 is 5.97 Å². The highest BCUT2D eigenvalue weighted by molar-refractivity contribution is 5.82. The minimum atomic E-state index is -1.11. The maximum Gasteiger partial charge on any atom is 0.375 e. The van der Waals surface area contributed by atoms with Crippen molar-refractivity contribution in [3.8, 4) is 0 Å². The predicted octanol–water partition coefficient (Wildman–Crippen LogP) is 1.18. The highest BCUT2D eigenvalue weighted by Crippen LogP contribution is 2.45. The fourth-order valence-electron chi connectivity index (χ4n) is 3.15. The molecule has 3 heterocycles. The quantitative estimate of drug-likeness (QED) is 0.912. The zero-order valence-corrected chi connectivity index (χ0v) is 12.3. The van der Waals surface area contributed by atoms with Crippen molar-refractivity contribution in [3.63, 3.8) is 0 Å². The number of aromatic nitrogens is 4. The van der Waals surface area contributed by atoms with Crippen LogP contribution in [-0.4, -0.2) is 43.9 Å². The van der Waals surface area contributed by atoms with Crippen molar-refractivity contribution >= 4 is 11.8 Å². The van der Waals surface area contributed by atoms with Gasteiger partial charge in [-0.1, -0.05) is 6.07 Å². The number of pyridine rings is 1. The Hall–Kier alpha value is -2.44. The number of rotatable bonds is 4. The van der Waals surface area contributed by atoms with Crippen LogP contribution < -0.4 is 4.90 Å². The SMILES string of the molecule is Cc1nc(N2CC3CC3C2)ccc1Cn1cnc(C(=O)O)n1. The molecule has 114 valence electrons. The third kappa shape index (κ3) is 2.32. The molecule has 1 saturated heterocycles. The first-order valence-electron chi connectivity index (χ1n) is 7.44. The Morgan fingerprint density at radius 3 is 2.77 bits per heavy atom. The Labute approximate surface area is 127 Å². The molecule has 0 radical (unpaired) electrons. The normalized spacial score (nSPS) is 22.7. The monoisotopic (exact) mass is 299 g/mol. The number of fused-ring (bicyclic) bond motifs is 1. The molecule has 22 heavy (non-hydrogen) atoms. The van der Waals surface area contributed by atoms with Gasteiger partial charge in [0.05, 0.1) is 6.54 Å². The van der Waals surface area contributed by atoms with Crippen LogP contribution in [-0.2, 0) is 6.54 Å². The molecule has 2 aromatic heterocycles. The Morgan fingerprint density at radius 1 is 1.36 bits per heavy atom. The number of carboxylic acids is 1. The summed E-state index contributed by atoms with van der Waals surface area (Å²) in [5.74, 6) is 1.51. The number of anilines is 1. The van der Waals surface area contributed by atoms with Gasteiger partial charge in [0.2, 0.25) is 0 Å². The molecule has 0 amide bonds. The van der Waals surface area contributed by atoms with Crippen molar-refractivity contribution in [2.45, 2.75) is 19.9 Å². The van der Waals surface area contributed by atoms with Crippen molar-refractivity contribution in [2.24, 2.45) is 11.8 Å². The van der Waals surface area contributed by atoms with Crippen LogP contribution >= 0.6 is 0 Å². The fourth-order valence-corrected chi connectivity index (χ4v) is 3.15. The summed E-state index contributed by atoms with van der Waals surface area (Å²) in [6.45, 7) is 4.71. The van der Waals surface area contributed by atoms with E-state index in [9.17, 15) is 4.79 Å². The highest BCUT2D eigenvalue weighted by atomic mass is 16.4. The summed E-state index contributed by atoms with van der Waals surface area (Å²) in [4.78, 5) is 21.6. The molecule has 1 aliphatic heterocycles. The average molecular weight is 299 g/mol. The summed E-state index contributed by atoms with van der Waals surface area (Å²) in [7, 11) is 0. The van der Waals surface area contributed by atoms with E-state index < -0.39 is 5.97 Å². The number of nitrogens with zero attached hydrogens (tertiary/aromatic N) is 5. The number of piperidine rings is 1. The summed E-state index contributed by atoms with van der Waals surface area (Å²) in [5.41, 5.74) is 1.97. The molecular formula is C15H17N5O2. The molecule has 4 rings (SSSR count). The fraction of sp³-hybridized carbons (Fsp3) is 0.467. The van der Waals surface area contributed by atoms with Gasteiger partial charge < -0.3 is 10.0 Å². The first kappa shape index (κ1) is 13.2. The molecule has 0 aromatic carbocycles. The van der Waals surface area contributed by atoms with Crippen molar-refractivity contribution in [1.29, 1.82) is 0 Å². The molecule has 0 bridgehead atoms. The van der Waals surface area contributed by atoms with Crippen LogP contribution in [0.15, 0.2) is 18.5 Å². The van der Waals surface area contributed by atoms with Gasteiger partial charge in [0, 0.05) is 18.8 Å². The Balaban J connectivity index is 1.50. The number of carbonyl (C=O) groups is 1. The molecule has 1 aliphatic carbocycles. The number of hydrogen-bond donors (Lipinski definition) is 1. The van der Waals surface area contributed by atoms with Crippen LogP contribution in [0.2, 0.25) is 0 Å². The molecule has 2 aromatic rings. The van der Waals surface area contributed by atoms with Gasteiger partial charge in [-0.3, -0.25) is 0 Å². The van der Waals surface area contributed by atoms with E-state index in [0.29, 0.717) is 6.54 Å². The lowest BCUT2D eigenvalue weighted by molar-refractivity contribution is 0.0683. The zero-order valence-electron chi connectivity index (χ0n) is 12.3. The van der Waals surface area contributed by atoms with E-state index in [1.54, 1.807) is 0 Å². The topological polar surface area (TPSA) is 84.1 Å². The van der Waals surface area contributed by atoms with E-state index in [-0.39, 0.29) is 5.82 Å². The summed E-state index contributed by atoms with van der Waals surface area (Å²) in [6, 6.07) is 4.09. The maximum atomic E-state index is 10.8. The van der Waals surface area contributed by atoms with E-state index >= 15 is 0 Å². The molecule has 2 fully saturated rings. The lowest BCUT2D eigenvalue weighted by Crippen LogP contribution is -2.23. The Bertz CT molecular complexity index is 731. The average Bonchev–Trinajstić information content (AvgIpc) is 2.89. The van der Waals surface area contributed by atoms with Gasteiger partial charge in [-0.25, -0.2) is 19.4 Å². The molecule has 2 atom stereocenters. The summed E-state index contributed by atoms with van der Waals surface area (Å²) in [6.07, 6.45) is 2.82. The van der Waals surface area contributed by atoms with Gasteiger partial charge in [-0.2, -0.15) is 0 Å². The largest absolute Gasteiger partial charge is 0.475 e. The number of aromatic carboxylic acids is 1. The second-order valence-electron chi connectivity index (χ2n) is 6.15. The van der Waals surface area contributed by atoms with Gasteiger partial charge in [0.25, 0.3) is 5.82 Å². The van der Waals surface area contributed by atoms with E-state index in [0.717, 1.165) is 42.0 Å². The van der Waals surface area contributed by atoms with Gasteiger partial charge in [0.15, 0.2) is 0 Å². The molecular weight excluding hydrogens is 282 g/mol. The smallest absolute Gasteiger partial charge is 0.375 e. The lowest BCUT2D eigenvalue weighted by atomic mass is 10.2. The van der Waals surface area contributed by atoms with Crippen molar-refractivity contribution < 1.29 is 9.90 Å². The van der Waals surface area contributed by atoms with Crippen LogP contribution in [0.5, 0.6) is 0 Å². The second-order valence-corrected chi connectivity index (χ2v) is 6.15. The van der Waals surface area contributed by atoms with Crippen molar-refractivity contribution in [2.75, 3.05) is 18.0 Å². The van der Waals surface area contributed by atoms with Crippen LogP contribution in [0.4, 0.5) is 5.82 Å². The Kier molecular flexibility index (Phi) is 2.88. The van der Waals surface area contributed by atoms with Crippen molar-refractivity contribution in [1.82, 2.24) is 19.7 Å². The van der Waals surface area contributed by atoms with Gasteiger partial charge in [-0.15, -0.1) is 5.10 Å². The molecule has 7 heteroatoms. The zero-order chi connectivity index (χ0) is 15.3. The maximum absolute atomic E-state index is 10.8. The highest BCUT2D eigenvalue weighted by Gasteiger charge is 2.45. The predicted molar refractivity (Wildman–Crippen MR) is 78.9 cm³/mol. The van der Waals surface area contributed by atoms with Crippen molar-refractivity contribution in [3.05, 3.63) is 35.5 Å². The van der Waals surface area contributed by atoms with Gasteiger partial charge in [-0.05, 0) is 36.8 Å². The summed E-state index contributed by atoms with van der Waals surface area (Å²) < 4.78 is 1.53. The van der Waals surface area contributed by atoms with Crippen LogP contribution in [0.1, 0.15) is 28.3 Å². The van der Waals surface area contributed by atoms with E-state index in [1.165, 1.54) is 17.4 Å². The van der Waals surface area contributed by atoms with Gasteiger partial charge in [0.1, 0.15) is 12.1 Å². The number of carboxylic acid groups (broad SMARTS) is 1. The molecule has 2 unspecified atom stereocenters. The minimum absolute atomic E-state index is 0.182. The third-order valence-electron chi connectivity index (χ3n) is 4.54. The molecule has 7 nitrogen and oxygen atoms in total. The lowest BCUT2D eigenvalue weighted by Gasteiger charge is -2.20. The van der Waals surface area contributed by atoms with Crippen LogP contribution in [0, 0.1) is 18.8 Å². The molecule has 2 aliphatic rings. The molecule has 0 spiro atoms. The number of aryl methyl sites for hydroxylation is 1. The summed E-state index contributed by atoms with van der Waals surface area (Å²) in [5, 5.41) is 12.8. The minimum Gasteiger partial charge on any atom is -0.475 e. The Morgan fingerprint density at radius 2 is 2.14 bits per heavy atom. The van der Waals surface area contributed by atoms with E-state index in [4.69, 9.17) is 10.1 Å². The third-order valence-corrected chi connectivity index (χ3v) is 4.54.